The smallest absolute Gasteiger partial charge is 0.353 e. The summed E-state index contributed by atoms with van der Waals surface area (Å²) in [5, 5.41) is 2.60. The highest BCUT2D eigenvalue weighted by atomic mass is 19.4. The Bertz CT molecular complexity index is 342. The molecule has 1 aliphatic carbocycles. The van der Waals surface area contributed by atoms with Gasteiger partial charge < -0.3 is 11.1 Å². The van der Waals surface area contributed by atoms with Gasteiger partial charge in [-0.1, -0.05) is 26.7 Å². The molecule has 1 amide bonds. The maximum atomic E-state index is 13.0. The van der Waals surface area contributed by atoms with Crippen LogP contribution in [0.1, 0.15) is 58.8 Å². The van der Waals surface area contributed by atoms with E-state index in [0.717, 1.165) is 12.8 Å². The standard InChI is InChI=1S/C15H27F3N2O/c1-14(2,9-10-19)8-7-13(21)20-12-6-4-3-5-11(12)15(16,17)18/h11-12H,3-10,19H2,1-2H3,(H,20,21). The molecule has 21 heavy (non-hydrogen) atoms. The molecule has 0 spiro atoms. The van der Waals surface area contributed by atoms with Crippen molar-refractivity contribution in [3.63, 3.8) is 0 Å². The molecule has 0 aromatic carbocycles. The van der Waals surface area contributed by atoms with E-state index in [9.17, 15) is 18.0 Å². The number of hydrogen-bond donors (Lipinski definition) is 2. The van der Waals surface area contributed by atoms with E-state index in [1.807, 2.05) is 13.8 Å². The number of amides is 1. The molecule has 0 radical (unpaired) electrons. The Balaban J connectivity index is 2.49. The van der Waals surface area contributed by atoms with E-state index in [1.165, 1.54) is 0 Å². The first kappa shape index (κ1) is 18.3. The average molecular weight is 308 g/mol. The number of hydrogen-bond acceptors (Lipinski definition) is 2. The van der Waals surface area contributed by atoms with Crippen molar-refractivity contribution >= 4 is 5.91 Å². The highest BCUT2D eigenvalue weighted by Crippen LogP contribution is 2.37. The van der Waals surface area contributed by atoms with Crippen LogP contribution in [0.15, 0.2) is 0 Å². The topological polar surface area (TPSA) is 55.1 Å². The number of carbonyl (C=O) groups excluding carboxylic acids is 1. The number of carbonyl (C=O) groups is 1. The van der Waals surface area contributed by atoms with Crippen LogP contribution in [0.5, 0.6) is 0 Å². The molecule has 2 atom stereocenters. The molecule has 6 heteroatoms. The van der Waals surface area contributed by atoms with E-state index < -0.39 is 18.1 Å². The second-order valence-electron chi connectivity index (χ2n) is 6.81. The Labute approximate surface area is 124 Å². The first-order valence-electron chi connectivity index (χ1n) is 7.72. The molecule has 0 heterocycles. The van der Waals surface area contributed by atoms with Crippen LogP contribution in [-0.4, -0.2) is 24.7 Å². The zero-order valence-electron chi connectivity index (χ0n) is 12.9. The first-order chi connectivity index (χ1) is 9.65. The normalized spacial score (nSPS) is 23.9. The number of nitrogens with one attached hydrogen (secondary N) is 1. The molecule has 0 bridgehead atoms. The average Bonchev–Trinajstić information content (AvgIpc) is 2.36. The first-order valence-corrected chi connectivity index (χ1v) is 7.72. The summed E-state index contributed by atoms with van der Waals surface area (Å²) in [6, 6.07) is -0.760. The SMILES string of the molecule is CC(C)(CCN)CCC(=O)NC1CCCCC1C(F)(F)F. The van der Waals surface area contributed by atoms with Crippen LogP contribution in [0, 0.1) is 11.3 Å². The second kappa shape index (κ2) is 7.47. The molecule has 0 saturated heterocycles. The van der Waals surface area contributed by atoms with Crippen LogP contribution in [0.2, 0.25) is 0 Å². The summed E-state index contributed by atoms with van der Waals surface area (Å²) >= 11 is 0. The molecule has 3 N–H and O–H groups in total. The van der Waals surface area contributed by atoms with Crippen LogP contribution in [0.25, 0.3) is 0 Å². The minimum absolute atomic E-state index is 0.0535. The number of halogens is 3. The molecule has 124 valence electrons. The van der Waals surface area contributed by atoms with Gasteiger partial charge in [-0.3, -0.25) is 4.79 Å². The summed E-state index contributed by atoms with van der Waals surface area (Å²) < 4.78 is 38.9. The fraction of sp³-hybridized carbons (Fsp3) is 0.933. The van der Waals surface area contributed by atoms with Crippen LogP contribution in [0.4, 0.5) is 13.2 Å². The quantitative estimate of drug-likeness (QED) is 0.790. The van der Waals surface area contributed by atoms with Crippen molar-refractivity contribution in [3.8, 4) is 0 Å². The molecule has 0 aliphatic heterocycles. The third-order valence-corrected chi connectivity index (χ3v) is 4.38. The zero-order valence-corrected chi connectivity index (χ0v) is 12.9. The largest absolute Gasteiger partial charge is 0.393 e. The summed E-state index contributed by atoms with van der Waals surface area (Å²) in [5.74, 6) is -1.67. The summed E-state index contributed by atoms with van der Waals surface area (Å²) in [6.07, 6.45) is -0.662. The molecule has 1 saturated carbocycles. The van der Waals surface area contributed by atoms with Crippen molar-refractivity contribution in [2.75, 3.05) is 6.54 Å². The maximum Gasteiger partial charge on any atom is 0.393 e. The lowest BCUT2D eigenvalue weighted by molar-refractivity contribution is -0.189. The van der Waals surface area contributed by atoms with Crippen LogP contribution in [0.3, 0.4) is 0 Å². The molecular formula is C15H27F3N2O. The third kappa shape index (κ3) is 6.24. The van der Waals surface area contributed by atoms with E-state index in [1.54, 1.807) is 0 Å². The molecule has 0 aromatic heterocycles. The molecule has 1 rings (SSSR count). The number of alkyl halides is 3. The molecular weight excluding hydrogens is 281 g/mol. The van der Waals surface area contributed by atoms with Gasteiger partial charge in [-0.25, -0.2) is 0 Å². The molecule has 2 unspecified atom stereocenters. The van der Waals surface area contributed by atoms with E-state index in [4.69, 9.17) is 5.73 Å². The van der Waals surface area contributed by atoms with Gasteiger partial charge in [0.15, 0.2) is 0 Å². The Morgan fingerprint density at radius 1 is 1.19 bits per heavy atom. The minimum Gasteiger partial charge on any atom is -0.353 e. The maximum absolute atomic E-state index is 13.0. The van der Waals surface area contributed by atoms with Crippen molar-refractivity contribution < 1.29 is 18.0 Å². The predicted molar refractivity (Wildman–Crippen MR) is 76.6 cm³/mol. The highest BCUT2D eigenvalue weighted by Gasteiger charge is 2.45. The summed E-state index contributed by atoms with van der Waals surface area (Å²) in [7, 11) is 0. The van der Waals surface area contributed by atoms with Gasteiger partial charge in [-0.2, -0.15) is 13.2 Å². The van der Waals surface area contributed by atoms with E-state index in [0.29, 0.717) is 25.8 Å². The zero-order chi connectivity index (χ0) is 16.1. The van der Waals surface area contributed by atoms with E-state index >= 15 is 0 Å². The van der Waals surface area contributed by atoms with Gasteiger partial charge in [0.2, 0.25) is 5.91 Å². The van der Waals surface area contributed by atoms with Gasteiger partial charge in [-0.15, -0.1) is 0 Å². The molecule has 0 aromatic rings. The van der Waals surface area contributed by atoms with Gasteiger partial charge >= 0.3 is 6.18 Å². The lowest BCUT2D eigenvalue weighted by atomic mass is 9.83. The molecule has 3 nitrogen and oxygen atoms in total. The van der Waals surface area contributed by atoms with Crippen molar-refractivity contribution in [1.82, 2.24) is 5.32 Å². The Morgan fingerprint density at radius 3 is 2.38 bits per heavy atom. The highest BCUT2D eigenvalue weighted by molar-refractivity contribution is 5.76. The van der Waals surface area contributed by atoms with Crippen molar-refractivity contribution in [1.29, 1.82) is 0 Å². The van der Waals surface area contributed by atoms with Gasteiger partial charge in [0.05, 0.1) is 5.92 Å². The lowest BCUT2D eigenvalue weighted by Gasteiger charge is -2.33. The van der Waals surface area contributed by atoms with Crippen LogP contribution >= 0.6 is 0 Å². The van der Waals surface area contributed by atoms with Gasteiger partial charge in [0, 0.05) is 12.5 Å². The van der Waals surface area contributed by atoms with E-state index in [2.05, 4.69) is 5.32 Å². The van der Waals surface area contributed by atoms with Crippen molar-refractivity contribution in [2.24, 2.45) is 17.1 Å². The Morgan fingerprint density at radius 2 is 1.81 bits per heavy atom. The van der Waals surface area contributed by atoms with E-state index in [-0.39, 0.29) is 24.2 Å². The minimum atomic E-state index is -4.23. The monoisotopic (exact) mass is 308 g/mol. The van der Waals surface area contributed by atoms with Crippen molar-refractivity contribution in [3.05, 3.63) is 0 Å². The fourth-order valence-corrected chi connectivity index (χ4v) is 2.94. The summed E-state index contributed by atoms with van der Waals surface area (Å²) in [4.78, 5) is 11.9. The predicted octanol–water partition coefficient (Wildman–Crippen LogP) is 3.38. The Kier molecular flexibility index (Phi) is 6.50. The van der Waals surface area contributed by atoms with Gasteiger partial charge in [0.25, 0.3) is 0 Å². The molecule has 1 fully saturated rings. The number of rotatable bonds is 6. The number of nitrogens with two attached hydrogens (primary N) is 1. The van der Waals surface area contributed by atoms with Gasteiger partial charge in [-0.05, 0) is 37.6 Å². The molecule has 1 aliphatic rings. The summed E-state index contributed by atoms with van der Waals surface area (Å²) in [5.41, 5.74) is 5.46. The van der Waals surface area contributed by atoms with Crippen LogP contribution < -0.4 is 11.1 Å². The Hall–Kier alpha value is -0.780. The lowest BCUT2D eigenvalue weighted by Crippen LogP contribution is -2.47. The van der Waals surface area contributed by atoms with Gasteiger partial charge in [0.1, 0.15) is 0 Å². The third-order valence-electron chi connectivity index (χ3n) is 4.38. The fourth-order valence-electron chi connectivity index (χ4n) is 2.94. The second-order valence-corrected chi connectivity index (χ2v) is 6.81. The van der Waals surface area contributed by atoms with Crippen LogP contribution in [-0.2, 0) is 4.79 Å². The van der Waals surface area contributed by atoms with Crippen molar-refractivity contribution in [2.45, 2.75) is 71.0 Å². The summed E-state index contributed by atoms with van der Waals surface area (Å²) in [6.45, 7) is 4.59.